The van der Waals surface area contributed by atoms with Crippen LogP contribution in [0.1, 0.15) is 37.2 Å². The van der Waals surface area contributed by atoms with E-state index >= 15 is 0 Å². The maximum atomic E-state index is 5.55. The number of hydrogen-bond acceptors (Lipinski definition) is 2. The van der Waals surface area contributed by atoms with Crippen LogP contribution in [0.3, 0.4) is 0 Å². The SMILES string of the molecule is CC(C)c1cc(I)ccc1C1OCCO1. The van der Waals surface area contributed by atoms with E-state index in [4.69, 9.17) is 9.47 Å². The van der Waals surface area contributed by atoms with Gasteiger partial charge in [0, 0.05) is 9.13 Å². The van der Waals surface area contributed by atoms with Gasteiger partial charge in [-0.05, 0) is 46.2 Å². The van der Waals surface area contributed by atoms with Crippen LogP contribution in [-0.4, -0.2) is 13.2 Å². The molecule has 1 aromatic rings. The third-order valence-electron chi connectivity index (χ3n) is 2.55. The van der Waals surface area contributed by atoms with Gasteiger partial charge in [-0.1, -0.05) is 19.9 Å². The van der Waals surface area contributed by atoms with Crippen LogP contribution in [0.25, 0.3) is 0 Å². The van der Waals surface area contributed by atoms with Crippen molar-refractivity contribution >= 4 is 22.6 Å². The molecule has 1 aromatic carbocycles. The highest BCUT2D eigenvalue weighted by molar-refractivity contribution is 14.1. The molecule has 0 radical (unpaired) electrons. The van der Waals surface area contributed by atoms with E-state index in [2.05, 4.69) is 54.6 Å². The summed E-state index contributed by atoms with van der Waals surface area (Å²) in [7, 11) is 0. The van der Waals surface area contributed by atoms with E-state index < -0.39 is 0 Å². The second-order valence-corrected chi connectivity index (χ2v) is 5.25. The highest BCUT2D eigenvalue weighted by Gasteiger charge is 2.22. The summed E-state index contributed by atoms with van der Waals surface area (Å²) >= 11 is 2.34. The van der Waals surface area contributed by atoms with Crippen molar-refractivity contribution in [2.75, 3.05) is 13.2 Å². The average Bonchev–Trinajstić information content (AvgIpc) is 2.70. The molecule has 3 heteroatoms. The Balaban J connectivity index is 2.36. The van der Waals surface area contributed by atoms with E-state index in [1.165, 1.54) is 14.7 Å². The van der Waals surface area contributed by atoms with Crippen molar-refractivity contribution in [3.05, 3.63) is 32.9 Å². The van der Waals surface area contributed by atoms with Gasteiger partial charge < -0.3 is 9.47 Å². The molecule has 0 atom stereocenters. The predicted molar refractivity (Wildman–Crippen MR) is 67.9 cm³/mol. The molecule has 82 valence electrons. The molecule has 1 heterocycles. The number of hydrogen-bond donors (Lipinski definition) is 0. The van der Waals surface area contributed by atoms with Gasteiger partial charge in [-0.15, -0.1) is 0 Å². The lowest BCUT2D eigenvalue weighted by atomic mass is 9.97. The lowest BCUT2D eigenvalue weighted by molar-refractivity contribution is -0.0448. The minimum absolute atomic E-state index is 0.153. The monoisotopic (exact) mass is 318 g/mol. The molecule has 2 rings (SSSR count). The number of ether oxygens (including phenoxy) is 2. The fourth-order valence-electron chi connectivity index (χ4n) is 1.80. The maximum Gasteiger partial charge on any atom is 0.184 e. The van der Waals surface area contributed by atoms with Crippen LogP contribution >= 0.6 is 22.6 Å². The van der Waals surface area contributed by atoms with Crippen molar-refractivity contribution in [1.29, 1.82) is 0 Å². The van der Waals surface area contributed by atoms with Crippen LogP contribution in [0.4, 0.5) is 0 Å². The van der Waals surface area contributed by atoms with E-state index in [-0.39, 0.29) is 6.29 Å². The third kappa shape index (κ3) is 2.52. The summed E-state index contributed by atoms with van der Waals surface area (Å²) in [5, 5.41) is 0. The molecule has 1 fully saturated rings. The van der Waals surface area contributed by atoms with Crippen molar-refractivity contribution < 1.29 is 9.47 Å². The lowest BCUT2D eigenvalue weighted by Gasteiger charge is -2.17. The normalized spacial score (nSPS) is 17.6. The summed E-state index contributed by atoms with van der Waals surface area (Å²) in [6.45, 7) is 5.80. The molecule has 0 amide bonds. The van der Waals surface area contributed by atoms with E-state index in [0.717, 1.165) is 0 Å². The summed E-state index contributed by atoms with van der Waals surface area (Å²) in [6, 6.07) is 6.44. The largest absolute Gasteiger partial charge is 0.346 e. The van der Waals surface area contributed by atoms with Crippen molar-refractivity contribution in [3.8, 4) is 0 Å². The third-order valence-corrected chi connectivity index (χ3v) is 3.22. The molecule has 0 N–H and O–H groups in total. The van der Waals surface area contributed by atoms with Crippen LogP contribution in [0.2, 0.25) is 0 Å². The molecule has 1 aliphatic rings. The lowest BCUT2D eigenvalue weighted by Crippen LogP contribution is -2.04. The molecule has 0 saturated carbocycles. The van der Waals surface area contributed by atoms with Gasteiger partial charge in [-0.25, -0.2) is 0 Å². The molecule has 1 saturated heterocycles. The summed E-state index contributed by atoms with van der Waals surface area (Å²) < 4.78 is 12.4. The van der Waals surface area contributed by atoms with E-state index in [1.54, 1.807) is 0 Å². The second-order valence-electron chi connectivity index (χ2n) is 4.00. The van der Waals surface area contributed by atoms with E-state index in [0.29, 0.717) is 19.1 Å². The highest BCUT2D eigenvalue weighted by Crippen LogP contribution is 2.31. The molecule has 0 aromatic heterocycles. The zero-order chi connectivity index (χ0) is 10.8. The fraction of sp³-hybridized carbons (Fsp3) is 0.500. The van der Waals surface area contributed by atoms with Gasteiger partial charge in [-0.2, -0.15) is 0 Å². The first-order valence-corrected chi connectivity index (χ1v) is 6.29. The molecule has 2 nitrogen and oxygen atoms in total. The van der Waals surface area contributed by atoms with Crippen LogP contribution in [0, 0.1) is 3.57 Å². The van der Waals surface area contributed by atoms with Gasteiger partial charge in [0.2, 0.25) is 0 Å². The summed E-state index contributed by atoms with van der Waals surface area (Å²) in [4.78, 5) is 0. The van der Waals surface area contributed by atoms with Crippen molar-refractivity contribution in [1.82, 2.24) is 0 Å². The number of benzene rings is 1. The van der Waals surface area contributed by atoms with Crippen molar-refractivity contribution in [2.24, 2.45) is 0 Å². The Kier molecular flexibility index (Phi) is 3.64. The van der Waals surface area contributed by atoms with Crippen molar-refractivity contribution in [3.63, 3.8) is 0 Å². The smallest absolute Gasteiger partial charge is 0.184 e. The number of rotatable bonds is 2. The fourth-order valence-corrected chi connectivity index (χ4v) is 2.31. The van der Waals surface area contributed by atoms with Gasteiger partial charge >= 0.3 is 0 Å². The molecule has 1 aliphatic heterocycles. The van der Waals surface area contributed by atoms with Gasteiger partial charge in [0.05, 0.1) is 13.2 Å². The maximum absolute atomic E-state index is 5.55. The molecule has 0 bridgehead atoms. The highest BCUT2D eigenvalue weighted by atomic mass is 127. The zero-order valence-corrected chi connectivity index (χ0v) is 11.2. The van der Waals surface area contributed by atoms with Crippen molar-refractivity contribution in [2.45, 2.75) is 26.1 Å². The van der Waals surface area contributed by atoms with Gasteiger partial charge in [0.15, 0.2) is 6.29 Å². The Morgan fingerprint density at radius 3 is 2.53 bits per heavy atom. The Bertz CT molecular complexity index is 343. The van der Waals surface area contributed by atoms with Gasteiger partial charge in [-0.3, -0.25) is 0 Å². The van der Waals surface area contributed by atoms with E-state index in [9.17, 15) is 0 Å². The Morgan fingerprint density at radius 2 is 1.93 bits per heavy atom. The zero-order valence-electron chi connectivity index (χ0n) is 9.00. The van der Waals surface area contributed by atoms with Gasteiger partial charge in [0.25, 0.3) is 0 Å². The molecule has 15 heavy (non-hydrogen) atoms. The molecular formula is C12H15IO2. The quantitative estimate of drug-likeness (QED) is 0.778. The first kappa shape index (κ1) is 11.4. The minimum atomic E-state index is -0.153. The number of halogens is 1. The Labute approximate surface area is 104 Å². The molecule has 0 unspecified atom stereocenters. The molecule has 0 spiro atoms. The average molecular weight is 318 g/mol. The first-order chi connectivity index (χ1) is 7.18. The summed E-state index contributed by atoms with van der Waals surface area (Å²) in [5.74, 6) is 0.502. The summed E-state index contributed by atoms with van der Waals surface area (Å²) in [6.07, 6.45) is -0.153. The van der Waals surface area contributed by atoms with Gasteiger partial charge in [0.1, 0.15) is 0 Å². The van der Waals surface area contributed by atoms with E-state index in [1.807, 2.05) is 0 Å². The standard InChI is InChI=1S/C12H15IO2/c1-8(2)11-7-9(13)3-4-10(11)12-14-5-6-15-12/h3-4,7-8,12H,5-6H2,1-2H3. The summed E-state index contributed by atoms with van der Waals surface area (Å²) in [5.41, 5.74) is 2.51. The minimum Gasteiger partial charge on any atom is -0.346 e. The first-order valence-electron chi connectivity index (χ1n) is 5.21. The predicted octanol–water partition coefficient (Wildman–Crippen LogP) is 3.46. The van der Waals surface area contributed by atoms with Crippen LogP contribution in [0.5, 0.6) is 0 Å². The molecular weight excluding hydrogens is 303 g/mol. The van der Waals surface area contributed by atoms with Crippen LogP contribution in [0.15, 0.2) is 18.2 Å². The van der Waals surface area contributed by atoms with Crippen LogP contribution < -0.4 is 0 Å². The Hall–Kier alpha value is -0.130. The topological polar surface area (TPSA) is 18.5 Å². The Morgan fingerprint density at radius 1 is 1.27 bits per heavy atom. The second kappa shape index (κ2) is 4.80. The van der Waals surface area contributed by atoms with Crippen LogP contribution in [-0.2, 0) is 9.47 Å². The molecule has 0 aliphatic carbocycles.